The number of nitroso groups, excluding NO2 is 1. The molecule has 7 heteroatoms. The van der Waals surface area contributed by atoms with Crippen LogP contribution in [0.4, 0.5) is 21.9 Å². The van der Waals surface area contributed by atoms with E-state index >= 15 is 0 Å². The van der Waals surface area contributed by atoms with E-state index in [1.807, 2.05) is 0 Å². The zero-order valence-electron chi connectivity index (χ0n) is 14.3. The first-order valence-electron chi connectivity index (χ1n) is 7.65. The lowest BCUT2D eigenvalue weighted by Crippen LogP contribution is -2.38. The number of terminal acetylenes is 1. The zero-order valence-corrected chi connectivity index (χ0v) is 14.3. The van der Waals surface area contributed by atoms with Crippen molar-refractivity contribution in [1.82, 2.24) is 4.90 Å². The molecule has 24 heavy (non-hydrogen) atoms. The maximum absolute atomic E-state index is 12.1. The van der Waals surface area contributed by atoms with E-state index in [1.54, 1.807) is 39.0 Å². The summed E-state index contributed by atoms with van der Waals surface area (Å²) in [5, 5.41) is 6.01. The number of carbonyl (C=O) groups excluding carboxylic acids is 1. The van der Waals surface area contributed by atoms with E-state index in [0.29, 0.717) is 30.9 Å². The van der Waals surface area contributed by atoms with Crippen molar-refractivity contribution in [2.75, 3.05) is 30.7 Å². The first kappa shape index (κ1) is 19.3. The standard InChI is InChI=1S/C17H24N4O3/c1-5-11-21(16(22)24-17(2,3)4)12-7-10-19-15-13(18)8-6-9-14(15)20-23/h1,6,8-9,19H,7,10-12,18H2,2-4H3. The van der Waals surface area contributed by atoms with Crippen molar-refractivity contribution in [3.63, 3.8) is 0 Å². The highest BCUT2D eigenvalue weighted by Gasteiger charge is 2.21. The normalized spacial score (nSPS) is 10.6. The number of nitrogen functional groups attached to an aromatic ring is 1. The highest BCUT2D eigenvalue weighted by Crippen LogP contribution is 2.30. The number of nitrogens with two attached hydrogens (primary N) is 1. The van der Waals surface area contributed by atoms with Crippen LogP contribution in [0.5, 0.6) is 0 Å². The summed E-state index contributed by atoms with van der Waals surface area (Å²) >= 11 is 0. The first-order chi connectivity index (χ1) is 11.3. The van der Waals surface area contributed by atoms with Crippen LogP contribution >= 0.6 is 0 Å². The van der Waals surface area contributed by atoms with Crippen LogP contribution in [-0.4, -0.2) is 36.2 Å². The highest BCUT2D eigenvalue weighted by atomic mass is 16.6. The lowest BCUT2D eigenvalue weighted by Gasteiger charge is -2.26. The van der Waals surface area contributed by atoms with Gasteiger partial charge in [0.1, 0.15) is 11.3 Å². The third-order valence-electron chi connectivity index (χ3n) is 3.01. The molecule has 1 aromatic carbocycles. The fourth-order valence-corrected chi connectivity index (χ4v) is 1.98. The Bertz CT molecular complexity index is 617. The van der Waals surface area contributed by atoms with Crippen LogP contribution in [0, 0.1) is 17.3 Å². The molecule has 0 aromatic heterocycles. The van der Waals surface area contributed by atoms with Gasteiger partial charge in [-0.05, 0) is 44.5 Å². The predicted molar refractivity (Wildman–Crippen MR) is 96.1 cm³/mol. The van der Waals surface area contributed by atoms with Gasteiger partial charge < -0.3 is 15.8 Å². The number of nitrogens with one attached hydrogen (secondary N) is 1. The zero-order chi connectivity index (χ0) is 18.2. The summed E-state index contributed by atoms with van der Waals surface area (Å²) in [6.45, 7) is 6.48. The molecule has 0 aliphatic rings. The van der Waals surface area contributed by atoms with Crippen molar-refractivity contribution in [3.05, 3.63) is 23.1 Å². The molecule has 1 aromatic rings. The molecule has 3 N–H and O–H groups in total. The largest absolute Gasteiger partial charge is 0.444 e. The molecule has 0 atom stereocenters. The molecule has 0 aliphatic heterocycles. The van der Waals surface area contributed by atoms with Crippen LogP contribution in [0.25, 0.3) is 0 Å². The van der Waals surface area contributed by atoms with Gasteiger partial charge in [0, 0.05) is 13.1 Å². The summed E-state index contributed by atoms with van der Waals surface area (Å²) in [6.07, 6.45) is 5.46. The second-order valence-electron chi connectivity index (χ2n) is 6.22. The van der Waals surface area contributed by atoms with E-state index in [0.717, 1.165) is 0 Å². The quantitative estimate of drug-likeness (QED) is 0.345. The van der Waals surface area contributed by atoms with Crippen molar-refractivity contribution < 1.29 is 9.53 Å². The van der Waals surface area contributed by atoms with Crippen molar-refractivity contribution in [2.45, 2.75) is 32.8 Å². The van der Waals surface area contributed by atoms with E-state index in [2.05, 4.69) is 16.4 Å². The van der Waals surface area contributed by atoms with Gasteiger partial charge in [-0.25, -0.2) is 4.79 Å². The second kappa shape index (κ2) is 8.77. The lowest BCUT2D eigenvalue weighted by molar-refractivity contribution is 0.0275. The smallest absolute Gasteiger partial charge is 0.411 e. The minimum Gasteiger partial charge on any atom is -0.444 e. The Morgan fingerprint density at radius 2 is 2.17 bits per heavy atom. The molecule has 0 radical (unpaired) electrons. The third-order valence-corrected chi connectivity index (χ3v) is 3.01. The second-order valence-corrected chi connectivity index (χ2v) is 6.22. The Balaban J connectivity index is 2.57. The number of ether oxygens (including phenoxy) is 1. The third kappa shape index (κ3) is 6.16. The number of carbonyl (C=O) groups is 1. The summed E-state index contributed by atoms with van der Waals surface area (Å²) < 4.78 is 5.32. The maximum atomic E-state index is 12.1. The molecule has 1 rings (SSSR count). The van der Waals surface area contributed by atoms with Gasteiger partial charge >= 0.3 is 6.09 Å². The van der Waals surface area contributed by atoms with Crippen LogP contribution in [0.2, 0.25) is 0 Å². The topological polar surface area (TPSA) is 97.0 Å². The van der Waals surface area contributed by atoms with Crippen molar-refractivity contribution >= 4 is 23.2 Å². The summed E-state index contributed by atoms with van der Waals surface area (Å²) in [5.41, 5.74) is 6.44. The number of anilines is 2. The molecule has 0 saturated heterocycles. The number of benzene rings is 1. The Morgan fingerprint density at radius 1 is 1.46 bits per heavy atom. The van der Waals surface area contributed by atoms with Gasteiger partial charge in [0.25, 0.3) is 0 Å². The molecule has 0 saturated carbocycles. The van der Waals surface area contributed by atoms with Gasteiger partial charge in [-0.1, -0.05) is 12.0 Å². The molecule has 1 amide bonds. The van der Waals surface area contributed by atoms with Crippen LogP contribution in [0.15, 0.2) is 23.4 Å². The molecule has 0 bridgehead atoms. The van der Waals surface area contributed by atoms with Crippen molar-refractivity contribution in [2.24, 2.45) is 5.18 Å². The van der Waals surface area contributed by atoms with Gasteiger partial charge in [-0.2, -0.15) is 0 Å². The number of nitrogens with zero attached hydrogens (tertiary/aromatic N) is 2. The van der Waals surface area contributed by atoms with Crippen LogP contribution in [-0.2, 0) is 4.74 Å². The van der Waals surface area contributed by atoms with Crippen molar-refractivity contribution in [1.29, 1.82) is 0 Å². The van der Waals surface area contributed by atoms with Gasteiger partial charge in [0.2, 0.25) is 0 Å². The summed E-state index contributed by atoms with van der Waals surface area (Å²) in [6, 6.07) is 4.92. The average molecular weight is 332 g/mol. The Kier molecular flexibility index (Phi) is 7.05. The minimum absolute atomic E-state index is 0.170. The minimum atomic E-state index is -0.578. The molecule has 0 aliphatic carbocycles. The number of hydrogen-bond donors (Lipinski definition) is 2. The van der Waals surface area contributed by atoms with E-state index < -0.39 is 11.7 Å². The van der Waals surface area contributed by atoms with E-state index in [4.69, 9.17) is 16.9 Å². The van der Waals surface area contributed by atoms with Crippen molar-refractivity contribution in [3.8, 4) is 12.3 Å². The summed E-state index contributed by atoms with van der Waals surface area (Å²) in [4.78, 5) is 24.3. The molecule has 0 unspecified atom stereocenters. The molecular formula is C17H24N4O3. The Hall–Kier alpha value is -2.75. The van der Waals surface area contributed by atoms with Gasteiger partial charge in [-0.3, -0.25) is 4.90 Å². The molecule has 0 heterocycles. The van der Waals surface area contributed by atoms with Crippen LogP contribution < -0.4 is 11.1 Å². The number of amides is 1. The fraction of sp³-hybridized carbons (Fsp3) is 0.471. The maximum Gasteiger partial charge on any atom is 0.411 e. The predicted octanol–water partition coefficient (Wildman–Crippen LogP) is 3.34. The van der Waals surface area contributed by atoms with Gasteiger partial charge in [0.15, 0.2) is 0 Å². The molecule has 130 valence electrons. The van der Waals surface area contributed by atoms with Gasteiger partial charge in [0.05, 0.1) is 17.9 Å². The number of para-hydroxylation sites is 1. The molecular weight excluding hydrogens is 308 g/mol. The highest BCUT2D eigenvalue weighted by molar-refractivity contribution is 5.78. The van der Waals surface area contributed by atoms with Crippen LogP contribution in [0.1, 0.15) is 27.2 Å². The molecule has 0 fully saturated rings. The molecule has 7 nitrogen and oxygen atoms in total. The first-order valence-corrected chi connectivity index (χ1v) is 7.65. The van der Waals surface area contributed by atoms with Gasteiger partial charge in [-0.15, -0.1) is 11.3 Å². The van der Waals surface area contributed by atoms with Crippen LogP contribution in [0.3, 0.4) is 0 Å². The van der Waals surface area contributed by atoms with E-state index in [-0.39, 0.29) is 12.2 Å². The average Bonchev–Trinajstić information content (AvgIpc) is 2.49. The SMILES string of the molecule is C#CCN(CCCNc1c(N)cccc1N=O)C(=O)OC(C)(C)C. The fourth-order valence-electron chi connectivity index (χ4n) is 1.98. The number of hydrogen-bond acceptors (Lipinski definition) is 6. The molecule has 0 spiro atoms. The Labute approximate surface area is 142 Å². The summed E-state index contributed by atoms with van der Waals surface area (Å²) in [7, 11) is 0. The Morgan fingerprint density at radius 3 is 2.75 bits per heavy atom. The summed E-state index contributed by atoms with van der Waals surface area (Å²) in [5.74, 6) is 2.45. The van der Waals surface area contributed by atoms with E-state index in [9.17, 15) is 9.70 Å². The van der Waals surface area contributed by atoms with E-state index in [1.165, 1.54) is 4.90 Å². The number of rotatable bonds is 7. The monoisotopic (exact) mass is 332 g/mol. The lowest BCUT2D eigenvalue weighted by atomic mass is 10.2.